The van der Waals surface area contributed by atoms with Crippen LogP contribution in [0.1, 0.15) is 21.6 Å². The lowest BCUT2D eigenvalue weighted by molar-refractivity contribution is -0.143. The molecule has 35 heavy (non-hydrogen) atoms. The maximum Gasteiger partial charge on any atom is 0.434 e. The molecule has 0 atom stereocenters. The number of anilines is 2. The molecule has 0 saturated heterocycles. The molecule has 0 aliphatic carbocycles. The molecule has 0 aliphatic heterocycles. The zero-order valence-electron chi connectivity index (χ0n) is 17.2. The second kappa shape index (κ2) is 8.18. The summed E-state index contributed by atoms with van der Waals surface area (Å²) >= 11 is 1.00. The van der Waals surface area contributed by atoms with Crippen LogP contribution in [0, 0.1) is 11.3 Å². The molecule has 5 aromatic rings. The Balaban J connectivity index is 1.54. The van der Waals surface area contributed by atoms with Gasteiger partial charge < -0.3 is 11.1 Å². The summed E-state index contributed by atoms with van der Waals surface area (Å²) in [7, 11) is 0. The van der Waals surface area contributed by atoms with Crippen molar-refractivity contribution < 1.29 is 18.0 Å². The Morgan fingerprint density at radius 2 is 1.94 bits per heavy atom. The van der Waals surface area contributed by atoms with Crippen LogP contribution < -0.4 is 11.1 Å². The highest BCUT2D eigenvalue weighted by molar-refractivity contribution is 7.22. The third-order valence-electron chi connectivity index (χ3n) is 4.77. The fourth-order valence-electron chi connectivity index (χ4n) is 3.38. The number of fused-ring (bicyclic) bond motifs is 1. The van der Waals surface area contributed by atoms with Crippen molar-refractivity contribution in [2.24, 2.45) is 0 Å². The van der Waals surface area contributed by atoms with Gasteiger partial charge in [-0.05, 0) is 18.2 Å². The summed E-state index contributed by atoms with van der Waals surface area (Å²) in [5.41, 5.74) is 4.20. The zero-order chi connectivity index (χ0) is 24.7. The van der Waals surface area contributed by atoms with E-state index in [9.17, 15) is 23.2 Å². The Labute approximate surface area is 197 Å². The molecule has 1 amide bonds. The first-order chi connectivity index (χ1) is 16.8. The number of nitrogens with zero attached hydrogens (tertiary/aromatic N) is 8. The summed E-state index contributed by atoms with van der Waals surface area (Å²) in [5.74, 6) is -0.994. The summed E-state index contributed by atoms with van der Waals surface area (Å²) in [5, 5.41) is 23.5. The Morgan fingerprint density at radius 3 is 2.66 bits per heavy atom. The van der Waals surface area contributed by atoms with Gasteiger partial charge in [0.15, 0.2) is 16.6 Å². The summed E-state index contributed by atoms with van der Waals surface area (Å²) in [6.45, 7) is 0. The maximum atomic E-state index is 14.1. The quantitative estimate of drug-likeness (QED) is 0.385. The standard InChI is InChI=1S/C20H11F3N10OS/c21-20(22,23)16-12(9-29-32(16)14-3-1-2-13-15(14)35-19(25)31-13)18(34)30-11-6-10(7-24)17(26-8-11)33-27-4-5-28-33/h1-6,8-9H,(H2,25,31)(H,30,34). The average molecular weight is 496 g/mol. The number of hydrogen-bond acceptors (Lipinski definition) is 9. The van der Waals surface area contributed by atoms with E-state index in [1.807, 2.05) is 6.07 Å². The van der Waals surface area contributed by atoms with Gasteiger partial charge in [0.1, 0.15) is 11.6 Å². The Bertz CT molecular complexity index is 1610. The number of halogens is 3. The van der Waals surface area contributed by atoms with Crippen LogP contribution in [0.3, 0.4) is 0 Å². The average Bonchev–Trinajstić information content (AvgIpc) is 3.56. The minimum Gasteiger partial charge on any atom is -0.375 e. The summed E-state index contributed by atoms with van der Waals surface area (Å²) in [4.78, 5) is 22.1. The summed E-state index contributed by atoms with van der Waals surface area (Å²) in [6.07, 6.45) is -0.156. The molecule has 11 nitrogen and oxygen atoms in total. The molecular formula is C20H11F3N10OS. The predicted molar refractivity (Wildman–Crippen MR) is 118 cm³/mol. The third-order valence-corrected chi connectivity index (χ3v) is 5.70. The zero-order valence-corrected chi connectivity index (χ0v) is 18.0. The van der Waals surface area contributed by atoms with Gasteiger partial charge in [-0.3, -0.25) is 4.79 Å². The topological polar surface area (TPSA) is 153 Å². The van der Waals surface area contributed by atoms with Crippen molar-refractivity contribution in [1.82, 2.24) is 34.7 Å². The second-order valence-electron chi connectivity index (χ2n) is 6.97. The molecule has 4 heterocycles. The number of amides is 1. The Morgan fingerprint density at radius 1 is 1.17 bits per heavy atom. The van der Waals surface area contributed by atoms with Gasteiger partial charge >= 0.3 is 6.18 Å². The van der Waals surface area contributed by atoms with Gasteiger partial charge in [0.2, 0.25) is 0 Å². The Hall–Kier alpha value is -4.84. The normalized spacial score (nSPS) is 11.5. The first kappa shape index (κ1) is 22.0. The number of nitrogens with two attached hydrogens (primary N) is 1. The first-order valence-electron chi connectivity index (χ1n) is 9.65. The van der Waals surface area contributed by atoms with Crippen molar-refractivity contribution in [1.29, 1.82) is 5.26 Å². The second-order valence-corrected chi connectivity index (χ2v) is 8.00. The monoisotopic (exact) mass is 496 g/mol. The van der Waals surface area contributed by atoms with E-state index in [1.54, 1.807) is 6.07 Å². The van der Waals surface area contributed by atoms with E-state index in [4.69, 9.17) is 5.73 Å². The van der Waals surface area contributed by atoms with Gasteiger partial charge in [-0.15, -0.1) is 4.80 Å². The van der Waals surface area contributed by atoms with Crippen molar-refractivity contribution in [3.05, 3.63) is 65.9 Å². The fourth-order valence-corrected chi connectivity index (χ4v) is 4.21. The van der Waals surface area contributed by atoms with Crippen molar-refractivity contribution in [3.8, 4) is 17.6 Å². The van der Waals surface area contributed by atoms with E-state index in [0.29, 0.717) is 14.9 Å². The number of rotatable bonds is 4. The van der Waals surface area contributed by atoms with Gasteiger partial charge in [-0.1, -0.05) is 17.4 Å². The lowest BCUT2D eigenvalue weighted by Gasteiger charge is -2.13. The molecule has 0 bridgehead atoms. The minimum absolute atomic E-state index is 0.000187. The van der Waals surface area contributed by atoms with Crippen LogP contribution in [0.25, 0.3) is 21.7 Å². The van der Waals surface area contributed by atoms with E-state index in [1.165, 1.54) is 36.8 Å². The highest BCUT2D eigenvalue weighted by atomic mass is 32.1. The summed E-state index contributed by atoms with van der Waals surface area (Å²) < 4.78 is 43.4. The maximum absolute atomic E-state index is 14.1. The van der Waals surface area contributed by atoms with Crippen LogP contribution in [-0.4, -0.2) is 40.6 Å². The van der Waals surface area contributed by atoms with E-state index in [0.717, 1.165) is 22.3 Å². The third kappa shape index (κ3) is 3.91. The Kier molecular flexibility index (Phi) is 5.14. The van der Waals surface area contributed by atoms with E-state index < -0.39 is 23.3 Å². The number of carbonyl (C=O) groups is 1. The smallest absolute Gasteiger partial charge is 0.375 e. The highest BCUT2D eigenvalue weighted by Crippen LogP contribution is 2.37. The van der Waals surface area contributed by atoms with Gasteiger partial charge in [0, 0.05) is 0 Å². The molecule has 1 aromatic carbocycles. The molecular weight excluding hydrogens is 485 g/mol. The van der Waals surface area contributed by atoms with Crippen molar-refractivity contribution >= 4 is 38.3 Å². The van der Waals surface area contributed by atoms with Gasteiger partial charge in [-0.2, -0.15) is 33.7 Å². The van der Waals surface area contributed by atoms with Crippen LogP contribution in [0.4, 0.5) is 24.0 Å². The number of nitriles is 1. The number of hydrogen-bond donors (Lipinski definition) is 2. The molecule has 174 valence electrons. The van der Waals surface area contributed by atoms with Gasteiger partial charge in [-0.25, -0.2) is 14.6 Å². The SMILES string of the molecule is N#Cc1cc(NC(=O)c2cnn(-c3cccc4nc(N)sc34)c2C(F)(F)F)cnc1-n1nccn1. The van der Waals surface area contributed by atoms with Crippen LogP contribution >= 0.6 is 11.3 Å². The lowest BCUT2D eigenvalue weighted by atomic mass is 10.2. The lowest BCUT2D eigenvalue weighted by Crippen LogP contribution is -2.21. The molecule has 15 heteroatoms. The van der Waals surface area contributed by atoms with E-state index >= 15 is 0 Å². The van der Waals surface area contributed by atoms with Gasteiger partial charge in [0.05, 0.1) is 51.9 Å². The van der Waals surface area contributed by atoms with Crippen molar-refractivity contribution in [2.75, 3.05) is 11.1 Å². The largest absolute Gasteiger partial charge is 0.434 e. The molecule has 0 radical (unpaired) electrons. The number of carbonyl (C=O) groups excluding carboxylic acids is 1. The number of nitrogens with one attached hydrogen (secondary N) is 1. The molecule has 5 rings (SSSR count). The molecule has 3 N–H and O–H groups in total. The fraction of sp³-hybridized carbons (Fsp3) is 0.0500. The molecule has 0 saturated carbocycles. The highest BCUT2D eigenvalue weighted by Gasteiger charge is 2.41. The molecule has 0 fully saturated rings. The van der Waals surface area contributed by atoms with Gasteiger partial charge in [0.25, 0.3) is 5.91 Å². The number of thiazole rings is 1. The molecule has 0 aliphatic rings. The molecule has 0 unspecified atom stereocenters. The number of benzene rings is 1. The number of nitrogen functional groups attached to an aromatic ring is 1. The van der Waals surface area contributed by atoms with Crippen molar-refractivity contribution in [2.45, 2.75) is 6.18 Å². The minimum atomic E-state index is -4.92. The molecule has 4 aromatic heterocycles. The number of aromatic nitrogens is 7. The van der Waals surface area contributed by atoms with Crippen LogP contribution in [-0.2, 0) is 6.18 Å². The van der Waals surface area contributed by atoms with Crippen LogP contribution in [0.5, 0.6) is 0 Å². The van der Waals surface area contributed by atoms with Crippen LogP contribution in [0.15, 0.2) is 49.1 Å². The van der Waals surface area contributed by atoms with E-state index in [-0.39, 0.29) is 27.9 Å². The first-order valence-corrected chi connectivity index (χ1v) is 10.5. The van der Waals surface area contributed by atoms with Crippen molar-refractivity contribution in [3.63, 3.8) is 0 Å². The van der Waals surface area contributed by atoms with Crippen LogP contribution in [0.2, 0.25) is 0 Å². The number of alkyl halides is 3. The predicted octanol–water partition coefficient (Wildman–Crippen LogP) is 3.18. The number of pyridine rings is 1. The molecule has 0 spiro atoms. The van der Waals surface area contributed by atoms with E-state index in [2.05, 4.69) is 30.6 Å². The summed E-state index contributed by atoms with van der Waals surface area (Å²) in [6, 6.07) is 7.70.